The van der Waals surface area contributed by atoms with E-state index in [9.17, 15) is 4.79 Å². The summed E-state index contributed by atoms with van der Waals surface area (Å²) in [4.78, 5) is 11.4. The molecule has 0 aliphatic heterocycles. The molecule has 1 amide bonds. The van der Waals surface area contributed by atoms with Gasteiger partial charge in [0.2, 0.25) is 5.91 Å². The maximum Gasteiger partial charge on any atom is 0.220 e. The van der Waals surface area contributed by atoms with E-state index in [2.05, 4.69) is 26.1 Å². The maximum absolute atomic E-state index is 11.4. The number of carbonyl (C=O) groups is 1. The quantitative estimate of drug-likeness (QED) is 0.656. The fraction of sp³-hybridized carbons (Fsp3) is 0.909. The highest BCUT2D eigenvalue weighted by Crippen LogP contribution is 2.06. The molecule has 0 spiro atoms. The average Bonchev–Trinajstić information content (AvgIpc) is 2.15. The van der Waals surface area contributed by atoms with Crippen molar-refractivity contribution in [2.45, 2.75) is 40.0 Å². The van der Waals surface area contributed by atoms with Crippen molar-refractivity contribution < 1.29 is 4.79 Å². The van der Waals surface area contributed by atoms with Gasteiger partial charge in [-0.3, -0.25) is 4.79 Å². The first-order chi connectivity index (χ1) is 6.60. The van der Waals surface area contributed by atoms with Crippen LogP contribution in [0.25, 0.3) is 0 Å². The van der Waals surface area contributed by atoms with E-state index in [0.29, 0.717) is 24.1 Å². The van der Waals surface area contributed by atoms with Gasteiger partial charge >= 0.3 is 0 Å². The first-order valence-corrected chi connectivity index (χ1v) is 5.96. The Bertz CT molecular complexity index is 161. The summed E-state index contributed by atoms with van der Waals surface area (Å²) in [6.45, 7) is 7.06. The Kier molecular flexibility index (Phi) is 7.96. The highest BCUT2D eigenvalue weighted by atomic mass is 35.5. The minimum Gasteiger partial charge on any atom is -0.356 e. The zero-order valence-corrected chi connectivity index (χ0v) is 10.2. The van der Waals surface area contributed by atoms with Crippen LogP contribution in [-0.4, -0.2) is 18.3 Å². The van der Waals surface area contributed by atoms with Gasteiger partial charge in [0, 0.05) is 18.8 Å². The van der Waals surface area contributed by atoms with Crippen LogP contribution in [0.2, 0.25) is 0 Å². The van der Waals surface area contributed by atoms with Crippen molar-refractivity contribution in [1.29, 1.82) is 0 Å². The summed E-state index contributed by atoms with van der Waals surface area (Å²) in [6.07, 6.45) is 2.67. The normalized spacial score (nSPS) is 14.9. The lowest BCUT2D eigenvalue weighted by Crippen LogP contribution is -2.29. The number of carbonyl (C=O) groups excluding carboxylic acids is 1. The van der Waals surface area contributed by atoms with Crippen LogP contribution in [-0.2, 0) is 4.79 Å². The molecular formula is C11H22ClNO. The smallest absolute Gasteiger partial charge is 0.220 e. The van der Waals surface area contributed by atoms with Crippen LogP contribution in [0, 0.1) is 11.8 Å². The van der Waals surface area contributed by atoms with Crippen molar-refractivity contribution in [3.8, 4) is 0 Å². The summed E-state index contributed by atoms with van der Waals surface area (Å²) in [6, 6.07) is 0. The highest BCUT2D eigenvalue weighted by Gasteiger charge is 2.08. The summed E-state index contributed by atoms with van der Waals surface area (Å²) in [5.41, 5.74) is 0. The van der Waals surface area contributed by atoms with Gasteiger partial charge in [-0.15, -0.1) is 11.6 Å². The van der Waals surface area contributed by atoms with Gasteiger partial charge in [-0.2, -0.15) is 0 Å². The Labute approximate surface area is 92.4 Å². The van der Waals surface area contributed by atoms with Gasteiger partial charge in [-0.25, -0.2) is 0 Å². The molecule has 2 nitrogen and oxygen atoms in total. The van der Waals surface area contributed by atoms with Gasteiger partial charge in [0.1, 0.15) is 0 Å². The molecule has 0 aliphatic carbocycles. The second kappa shape index (κ2) is 8.10. The fourth-order valence-electron chi connectivity index (χ4n) is 1.11. The predicted molar refractivity (Wildman–Crippen MR) is 61.6 cm³/mol. The molecule has 0 aliphatic rings. The Morgan fingerprint density at radius 3 is 2.50 bits per heavy atom. The molecule has 0 aromatic carbocycles. The number of amides is 1. The molecule has 3 heteroatoms. The molecule has 14 heavy (non-hydrogen) atoms. The lowest BCUT2D eigenvalue weighted by atomic mass is 10.0. The van der Waals surface area contributed by atoms with E-state index in [1.165, 1.54) is 0 Å². The second-order valence-corrected chi connectivity index (χ2v) is 4.48. The monoisotopic (exact) mass is 219 g/mol. The topological polar surface area (TPSA) is 29.1 Å². The summed E-state index contributed by atoms with van der Waals surface area (Å²) in [5.74, 6) is 1.80. The van der Waals surface area contributed by atoms with Crippen LogP contribution in [0.3, 0.4) is 0 Å². The first-order valence-electron chi connectivity index (χ1n) is 5.42. The first kappa shape index (κ1) is 13.8. The lowest BCUT2D eigenvalue weighted by Gasteiger charge is -2.12. The maximum atomic E-state index is 11.4. The molecule has 2 atom stereocenters. The number of hydrogen-bond donors (Lipinski definition) is 1. The van der Waals surface area contributed by atoms with Crippen LogP contribution < -0.4 is 5.32 Å². The zero-order valence-electron chi connectivity index (χ0n) is 9.48. The molecule has 0 aromatic rings. The Hall–Kier alpha value is -0.240. The summed E-state index contributed by atoms with van der Waals surface area (Å²) in [7, 11) is 0. The van der Waals surface area contributed by atoms with Gasteiger partial charge in [-0.1, -0.05) is 27.2 Å². The molecule has 84 valence electrons. The third kappa shape index (κ3) is 7.19. The Morgan fingerprint density at radius 1 is 1.36 bits per heavy atom. The largest absolute Gasteiger partial charge is 0.356 e. The van der Waals surface area contributed by atoms with Crippen molar-refractivity contribution in [2.75, 3.05) is 12.4 Å². The van der Waals surface area contributed by atoms with E-state index in [0.717, 1.165) is 19.4 Å². The van der Waals surface area contributed by atoms with E-state index >= 15 is 0 Å². The van der Waals surface area contributed by atoms with Crippen molar-refractivity contribution in [2.24, 2.45) is 11.8 Å². The van der Waals surface area contributed by atoms with Crippen LogP contribution in [0.4, 0.5) is 0 Å². The van der Waals surface area contributed by atoms with Crippen LogP contribution >= 0.6 is 11.6 Å². The number of halogens is 1. The zero-order chi connectivity index (χ0) is 11.0. The van der Waals surface area contributed by atoms with E-state index in [1.54, 1.807) is 0 Å². The van der Waals surface area contributed by atoms with E-state index < -0.39 is 0 Å². The minimum atomic E-state index is 0.167. The molecular weight excluding hydrogens is 198 g/mol. The second-order valence-electron chi connectivity index (χ2n) is 4.10. The van der Waals surface area contributed by atoms with E-state index in [-0.39, 0.29) is 5.91 Å². The number of hydrogen-bond acceptors (Lipinski definition) is 1. The molecule has 0 saturated carbocycles. The van der Waals surface area contributed by atoms with Crippen molar-refractivity contribution in [1.82, 2.24) is 5.32 Å². The number of alkyl halides is 1. The number of rotatable bonds is 7. The van der Waals surface area contributed by atoms with Crippen LogP contribution in [0.1, 0.15) is 40.0 Å². The Morgan fingerprint density at radius 2 is 2.00 bits per heavy atom. The van der Waals surface area contributed by atoms with Gasteiger partial charge < -0.3 is 5.32 Å². The van der Waals surface area contributed by atoms with Crippen molar-refractivity contribution in [3.63, 3.8) is 0 Å². The van der Waals surface area contributed by atoms with Gasteiger partial charge in [0.15, 0.2) is 0 Å². The minimum absolute atomic E-state index is 0.167. The van der Waals surface area contributed by atoms with Gasteiger partial charge in [0.05, 0.1) is 0 Å². The van der Waals surface area contributed by atoms with E-state index in [1.807, 2.05) is 0 Å². The summed E-state index contributed by atoms with van der Waals surface area (Å²) >= 11 is 5.61. The fourth-order valence-corrected chi connectivity index (χ4v) is 1.48. The lowest BCUT2D eigenvalue weighted by molar-refractivity contribution is -0.122. The Balaban J connectivity index is 3.53. The summed E-state index contributed by atoms with van der Waals surface area (Å²) < 4.78 is 0. The molecule has 1 N–H and O–H groups in total. The van der Waals surface area contributed by atoms with E-state index in [4.69, 9.17) is 11.6 Å². The molecule has 0 bridgehead atoms. The molecule has 0 heterocycles. The van der Waals surface area contributed by atoms with Crippen LogP contribution in [0.15, 0.2) is 0 Å². The molecule has 0 radical (unpaired) electrons. The third-order valence-corrected chi connectivity index (χ3v) is 2.70. The number of nitrogens with one attached hydrogen (secondary N) is 1. The standard InChI is InChI=1S/C11H22ClNO/c1-4-9(2)7-11(14)13-8-10(3)5-6-12/h9-10H,4-8H2,1-3H3,(H,13,14). The third-order valence-electron chi connectivity index (χ3n) is 2.48. The molecule has 0 fully saturated rings. The molecule has 0 aromatic heterocycles. The molecule has 0 saturated heterocycles. The highest BCUT2D eigenvalue weighted by molar-refractivity contribution is 6.17. The van der Waals surface area contributed by atoms with Crippen molar-refractivity contribution >= 4 is 17.5 Å². The van der Waals surface area contributed by atoms with Gasteiger partial charge in [-0.05, 0) is 18.3 Å². The SMILES string of the molecule is CCC(C)CC(=O)NCC(C)CCCl. The molecule has 0 rings (SSSR count). The summed E-state index contributed by atoms with van der Waals surface area (Å²) in [5, 5.41) is 2.93. The van der Waals surface area contributed by atoms with Crippen LogP contribution in [0.5, 0.6) is 0 Å². The average molecular weight is 220 g/mol. The van der Waals surface area contributed by atoms with Crippen molar-refractivity contribution in [3.05, 3.63) is 0 Å². The predicted octanol–water partition coefficient (Wildman–Crippen LogP) is 2.80. The molecule has 2 unspecified atom stereocenters. The van der Waals surface area contributed by atoms with Gasteiger partial charge in [0.25, 0.3) is 0 Å².